The first-order valence-electron chi connectivity index (χ1n) is 18.3. The third-order valence-corrected chi connectivity index (χ3v) is 9.39. The van der Waals surface area contributed by atoms with E-state index in [9.17, 15) is 9.90 Å². The van der Waals surface area contributed by atoms with Crippen molar-refractivity contribution in [2.75, 3.05) is 18.9 Å². The lowest BCUT2D eigenvalue weighted by Crippen LogP contribution is -2.37. The molecule has 0 saturated carbocycles. The molecule has 6 aromatic rings. The average molecular weight is 720 g/mol. The monoisotopic (exact) mass is 719 g/mol. The van der Waals surface area contributed by atoms with Gasteiger partial charge in [-0.05, 0) is 89.0 Å². The Morgan fingerprint density at radius 1 is 0.704 bits per heavy atom. The maximum absolute atomic E-state index is 12.8. The Morgan fingerprint density at radius 2 is 1.37 bits per heavy atom. The molecule has 274 valence electrons. The number of likely N-dealkylation sites (N-methyl/N-ethyl adjacent to an activating group) is 1. The lowest BCUT2D eigenvalue weighted by Gasteiger charge is -2.38. The van der Waals surface area contributed by atoms with Crippen LogP contribution in [-0.4, -0.2) is 35.7 Å². The molecule has 8 nitrogen and oxygen atoms in total. The summed E-state index contributed by atoms with van der Waals surface area (Å²) in [6, 6.07) is 51.4. The van der Waals surface area contributed by atoms with E-state index in [2.05, 4.69) is 71.1 Å². The van der Waals surface area contributed by atoms with Gasteiger partial charge in [-0.1, -0.05) is 109 Å². The number of para-hydroxylation sites is 1. The maximum atomic E-state index is 12.8. The van der Waals surface area contributed by atoms with E-state index in [1.165, 1.54) is 5.56 Å². The largest absolute Gasteiger partial charge is 0.457 e. The van der Waals surface area contributed by atoms with Gasteiger partial charge >= 0.3 is 6.03 Å². The lowest BCUT2D eigenvalue weighted by atomic mass is 9.98. The summed E-state index contributed by atoms with van der Waals surface area (Å²) in [6.07, 6.45) is -0.0882. The SMILES string of the molecule is CN(Cc1ccccc1)C[C@H]1C[C@@H](c2ccc(CO)cc2)O[C@@H](c2cccc(-c3cccc(CNC(=O)Nc4ccc(Oc5ccccc5)cc4)c3)c2)O1. The Balaban J connectivity index is 1.00. The number of aliphatic hydroxyl groups excluding tert-OH is 1. The number of rotatable bonds is 13. The molecule has 0 aliphatic carbocycles. The molecule has 0 bridgehead atoms. The molecule has 1 fully saturated rings. The number of hydrogen-bond donors (Lipinski definition) is 3. The van der Waals surface area contributed by atoms with Gasteiger partial charge < -0.3 is 30.0 Å². The van der Waals surface area contributed by atoms with Crippen molar-refractivity contribution in [3.05, 3.63) is 186 Å². The second-order valence-corrected chi connectivity index (χ2v) is 13.6. The van der Waals surface area contributed by atoms with Crippen molar-refractivity contribution in [3.8, 4) is 22.6 Å². The highest BCUT2D eigenvalue weighted by Gasteiger charge is 2.33. The van der Waals surface area contributed by atoms with Gasteiger partial charge in [0.25, 0.3) is 0 Å². The number of nitrogens with one attached hydrogen (secondary N) is 2. The molecular weight excluding hydrogens is 675 g/mol. The number of aliphatic hydroxyl groups is 1. The Bertz CT molecular complexity index is 2090. The van der Waals surface area contributed by atoms with Gasteiger partial charge in [0.05, 0.1) is 18.8 Å². The van der Waals surface area contributed by atoms with Gasteiger partial charge in [-0.3, -0.25) is 4.90 Å². The van der Waals surface area contributed by atoms with Crippen LogP contribution in [0.1, 0.15) is 46.6 Å². The van der Waals surface area contributed by atoms with E-state index >= 15 is 0 Å². The highest BCUT2D eigenvalue weighted by Crippen LogP contribution is 2.39. The number of ether oxygens (including phenoxy) is 3. The van der Waals surface area contributed by atoms with E-state index in [0.29, 0.717) is 24.4 Å². The first-order valence-corrected chi connectivity index (χ1v) is 18.3. The van der Waals surface area contributed by atoms with E-state index in [4.69, 9.17) is 14.2 Å². The molecule has 0 aromatic heterocycles. The maximum Gasteiger partial charge on any atom is 0.319 e. The molecule has 3 atom stereocenters. The molecule has 6 aromatic carbocycles. The number of amides is 2. The van der Waals surface area contributed by atoms with Gasteiger partial charge in [-0.2, -0.15) is 0 Å². The summed E-state index contributed by atoms with van der Waals surface area (Å²) in [4.78, 5) is 15.1. The highest BCUT2D eigenvalue weighted by molar-refractivity contribution is 5.89. The first-order chi connectivity index (χ1) is 26.5. The van der Waals surface area contributed by atoms with Gasteiger partial charge in [-0.25, -0.2) is 4.79 Å². The van der Waals surface area contributed by atoms with Crippen molar-refractivity contribution in [2.45, 2.75) is 44.6 Å². The van der Waals surface area contributed by atoms with Gasteiger partial charge in [0.1, 0.15) is 11.5 Å². The van der Waals surface area contributed by atoms with E-state index in [0.717, 1.165) is 52.2 Å². The fourth-order valence-electron chi connectivity index (χ4n) is 6.65. The summed E-state index contributed by atoms with van der Waals surface area (Å²) >= 11 is 0. The topological polar surface area (TPSA) is 92.3 Å². The molecule has 0 spiro atoms. The average Bonchev–Trinajstić information content (AvgIpc) is 3.21. The predicted molar refractivity (Wildman–Crippen MR) is 212 cm³/mol. The lowest BCUT2D eigenvalue weighted by molar-refractivity contribution is -0.252. The highest BCUT2D eigenvalue weighted by atomic mass is 16.7. The molecule has 54 heavy (non-hydrogen) atoms. The van der Waals surface area contributed by atoms with Crippen LogP contribution in [0.15, 0.2) is 158 Å². The number of carbonyl (C=O) groups excluding carboxylic acids is 1. The van der Waals surface area contributed by atoms with Crippen LogP contribution in [-0.2, 0) is 29.2 Å². The van der Waals surface area contributed by atoms with E-state index in [1.54, 1.807) is 0 Å². The van der Waals surface area contributed by atoms with Crippen molar-refractivity contribution in [1.29, 1.82) is 0 Å². The number of anilines is 1. The first kappa shape index (κ1) is 36.6. The van der Waals surface area contributed by atoms with Crippen LogP contribution in [0.5, 0.6) is 11.5 Å². The molecular formula is C46H45N3O5. The van der Waals surface area contributed by atoms with Crippen LogP contribution in [0.4, 0.5) is 10.5 Å². The summed E-state index contributed by atoms with van der Waals surface area (Å²) in [5.41, 5.74) is 7.80. The summed E-state index contributed by atoms with van der Waals surface area (Å²) in [5.74, 6) is 1.44. The van der Waals surface area contributed by atoms with Crippen LogP contribution in [0.2, 0.25) is 0 Å². The quantitative estimate of drug-likeness (QED) is 0.110. The third-order valence-electron chi connectivity index (χ3n) is 9.39. The summed E-state index contributed by atoms with van der Waals surface area (Å²) < 4.78 is 19.2. The Kier molecular flexibility index (Phi) is 12.1. The van der Waals surface area contributed by atoms with Gasteiger partial charge in [0, 0.05) is 37.3 Å². The number of carbonyl (C=O) groups is 1. The second kappa shape index (κ2) is 17.8. The molecule has 1 saturated heterocycles. The van der Waals surface area contributed by atoms with Crippen molar-refractivity contribution in [1.82, 2.24) is 10.2 Å². The zero-order valence-corrected chi connectivity index (χ0v) is 30.3. The summed E-state index contributed by atoms with van der Waals surface area (Å²) in [5, 5.41) is 15.5. The Hall–Kier alpha value is -5.77. The van der Waals surface area contributed by atoms with Crippen molar-refractivity contribution >= 4 is 11.7 Å². The molecule has 1 aliphatic rings. The molecule has 8 heteroatoms. The predicted octanol–water partition coefficient (Wildman–Crippen LogP) is 9.64. The van der Waals surface area contributed by atoms with Gasteiger partial charge in [-0.15, -0.1) is 0 Å². The standard InChI is InChI=1S/C46H45N3O5/c1-49(30-33-10-4-2-5-11-33)31-43-28-44(36-20-18-34(32-50)19-21-36)54-45(53-43)39-15-9-14-38(27-39)37-13-8-12-35(26-37)29-47-46(51)48-40-22-24-42(25-23-40)52-41-16-6-3-7-17-41/h2-27,43-45,50H,28-32H2,1H3,(H2,47,48,51)/t43-,44+,45+/m1/s1. The number of urea groups is 1. The van der Waals surface area contributed by atoms with Crippen molar-refractivity contribution < 1.29 is 24.1 Å². The van der Waals surface area contributed by atoms with Crippen LogP contribution in [0.3, 0.4) is 0 Å². The van der Waals surface area contributed by atoms with Crippen LogP contribution >= 0.6 is 0 Å². The summed E-state index contributed by atoms with van der Waals surface area (Å²) in [6.45, 7) is 1.93. The molecule has 1 aliphatic heterocycles. The zero-order chi connectivity index (χ0) is 37.1. The van der Waals surface area contributed by atoms with Crippen molar-refractivity contribution in [3.63, 3.8) is 0 Å². The molecule has 2 amide bonds. The van der Waals surface area contributed by atoms with Crippen LogP contribution in [0.25, 0.3) is 11.1 Å². The van der Waals surface area contributed by atoms with Gasteiger partial charge in [0.15, 0.2) is 6.29 Å². The number of hydrogen-bond acceptors (Lipinski definition) is 6. The molecule has 0 radical (unpaired) electrons. The Labute approximate surface area is 317 Å². The normalized spacial score (nSPS) is 16.8. The van der Waals surface area contributed by atoms with Crippen LogP contribution < -0.4 is 15.4 Å². The molecule has 0 unspecified atom stereocenters. The minimum atomic E-state index is -0.566. The fraction of sp³-hybridized carbons (Fsp3) is 0.196. The van der Waals surface area contributed by atoms with E-state index in [-0.39, 0.29) is 24.8 Å². The zero-order valence-electron chi connectivity index (χ0n) is 30.3. The van der Waals surface area contributed by atoms with Crippen molar-refractivity contribution in [2.24, 2.45) is 0 Å². The fourth-order valence-corrected chi connectivity index (χ4v) is 6.65. The van der Waals surface area contributed by atoms with Gasteiger partial charge in [0.2, 0.25) is 0 Å². The second-order valence-electron chi connectivity index (χ2n) is 13.6. The van der Waals surface area contributed by atoms with E-state index in [1.807, 2.05) is 109 Å². The molecule has 1 heterocycles. The minimum absolute atomic E-state index is 0.00216. The third kappa shape index (κ3) is 10.0. The van der Waals surface area contributed by atoms with Crippen LogP contribution in [0, 0.1) is 0 Å². The van der Waals surface area contributed by atoms with E-state index < -0.39 is 6.29 Å². The minimum Gasteiger partial charge on any atom is -0.457 e. The Morgan fingerprint density at radius 3 is 2.11 bits per heavy atom. The number of nitrogens with zero attached hydrogens (tertiary/aromatic N) is 1. The number of benzene rings is 6. The molecule has 7 rings (SSSR count). The molecule has 3 N–H and O–H groups in total. The smallest absolute Gasteiger partial charge is 0.319 e. The summed E-state index contributed by atoms with van der Waals surface area (Å²) in [7, 11) is 2.12.